The molecule has 2 aromatic carbocycles. The summed E-state index contributed by atoms with van der Waals surface area (Å²) in [6.45, 7) is 0.0129. The van der Waals surface area contributed by atoms with Gasteiger partial charge in [0.1, 0.15) is 16.7 Å². The van der Waals surface area contributed by atoms with Crippen molar-refractivity contribution in [2.24, 2.45) is 16.1 Å². The molecule has 2 aromatic rings. The molecule has 6 rings (SSSR count). The third kappa shape index (κ3) is 3.20. The molecule has 0 bridgehead atoms. The minimum absolute atomic E-state index is 0.0129. The summed E-state index contributed by atoms with van der Waals surface area (Å²) in [7, 11) is 1.24. The Labute approximate surface area is 211 Å². The predicted octanol–water partition coefficient (Wildman–Crippen LogP) is 2.08. The summed E-state index contributed by atoms with van der Waals surface area (Å²) in [5, 5.41) is 34.0. The average Bonchev–Trinajstić information content (AvgIpc) is 3.60. The number of carbonyl (C=O) groups is 2. The largest absolute Gasteiger partial charge is 0.464 e. The van der Waals surface area contributed by atoms with Crippen LogP contribution in [0.5, 0.6) is 0 Å². The van der Waals surface area contributed by atoms with Crippen molar-refractivity contribution in [3.63, 3.8) is 0 Å². The number of nitrogens with zero attached hydrogens (tertiary/aromatic N) is 6. The molecule has 4 aliphatic rings. The first-order valence-electron chi connectivity index (χ1n) is 10.9. The third-order valence-electron chi connectivity index (χ3n) is 6.76. The standard InChI is InChI=1S/C22H16N6O8S/c1-35-20(29)16-15-18-22(37-19(15)26(23-16)12-4-8-14(9-5-12)28(33)34)10-36-21(30)17(22)24-25(18)11-2-6-13(7-3-11)27(31)32/h2-9,15,18-19H,10H2,1H3/t15-,18-,19+,22-/m1/s1. The van der Waals surface area contributed by atoms with E-state index in [2.05, 4.69) is 10.2 Å². The van der Waals surface area contributed by atoms with E-state index < -0.39 is 43.9 Å². The Morgan fingerprint density at radius 1 is 1.03 bits per heavy atom. The fourth-order valence-electron chi connectivity index (χ4n) is 5.13. The smallest absolute Gasteiger partial charge is 0.356 e. The summed E-state index contributed by atoms with van der Waals surface area (Å²) in [6.07, 6.45) is 0. The number of cyclic esters (lactones) is 1. The molecule has 0 saturated carbocycles. The molecular formula is C22H16N6O8S. The van der Waals surface area contributed by atoms with E-state index in [1.165, 1.54) is 67.4 Å². The highest BCUT2D eigenvalue weighted by Crippen LogP contribution is 2.59. The van der Waals surface area contributed by atoms with Gasteiger partial charge >= 0.3 is 11.9 Å². The maximum atomic E-state index is 12.9. The second-order valence-electron chi connectivity index (χ2n) is 8.61. The van der Waals surface area contributed by atoms with E-state index in [0.29, 0.717) is 11.4 Å². The third-order valence-corrected chi connectivity index (χ3v) is 8.46. The van der Waals surface area contributed by atoms with Gasteiger partial charge in [0.15, 0.2) is 11.4 Å². The van der Waals surface area contributed by atoms with Crippen molar-refractivity contribution in [1.29, 1.82) is 0 Å². The van der Waals surface area contributed by atoms with Crippen molar-refractivity contribution >= 4 is 57.9 Å². The molecule has 1 spiro atoms. The van der Waals surface area contributed by atoms with Crippen LogP contribution >= 0.6 is 11.8 Å². The number of hydrazone groups is 2. The number of hydrogen-bond acceptors (Lipinski definition) is 13. The lowest BCUT2D eigenvalue weighted by Gasteiger charge is -2.31. The molecule has 2 saturated heterocycles. The maximum Gasteiger partial charge on any atom is 0.356 e. The van der Waals surface area contributed by atoms with Crippen LogP contribution in [0.1, 0.15) is 0 Å². The second kappa shape index (κ2) is 7.99. The summed E-state index contributed by atoms with van der Waals surface area (Å²) in [5.74, 6) is -1.86. The van der Waals surface area contributed by atoms with Gasteiger partial charge in [-0.1, -0.05) is 0 Å². The lowest BCUT2D eigenvalue weighted by atomic mass is 9.84. The first kappa shape index (κ1) is 22.9. The van der Waals surface area contributed by atoms with Gasteiger partial charge in [0, 0.05) is 24.3 Å². The number of carbonyl (C=O) groups excluding carboxylic acids is 2. The monoisotopic (exact) mass is 524 g/mol. The molecule has 4 atom stereocenters. The number of nitro groups is 2. The van der Waals surface area contributed by atoms with Crippen LogP contribution in [0.2, 0.25) is 0 Å². The number of methoxy groups -OCH3 is 1. The van der Waals surface area contributed by atoms with E-state index in [9.17, 15) is 29.8 Å². The summed E-state index contributed by atoms with van der Waals surface area (Å²) in [4.78, 5) is 46.8. The molecular weight excluding hydrogens is 508 g/mol. The van der Waals surface area contributed by atoms with Crippen LogP contribution in [0.25, 0.3) is 0 Å². The molecule has 15 heteroatoms. The Morgan fingerprint density at radius 2 is 1.59 bits per heavy atom. The maximum absolute atomic E-state index is 12.9. The molecule has 4 aliphatic heterocycles. The zero-order chi connectivity index (χ0) is 26.1. The Balaban J connectivity index is 1.45. The minimum atomic E-state index is -0.942. The van der Waals surface area contributed by atoms with Gasteiger partial charge in [0.05, 0.1) is 40.3 Å². The lowest BCUT2D eigenvalue weighted by molar-refractivity contribution is -0.385. The molecule has 0 radical (unpaired) electrons. The topological polar surface area (TPSA) is 170 Å². The predicted molar refractivity (Wildman–Crippen MR) is 130 cm³/mol. The van der Waals surface area contributed by atoms with Crippen molar-refractivity contribution in [3.05, 3.63) is 68.8 Å². The highest BCUT2D eigenvalue weighted by molar-refractivity contribution is 8.02. The molecule has 0 aliphatic carbocycles. The van der Waals surface area contributed by atoms with E-state index in [0.717, 1.165) is 0 Å². The number of thioether (sulfide) groups is 1. The minimum Gasteiger partial charge on any atom is -0.464 e. The normalized spacial score (nSPS) is 27.2. The van der Waals surface area contributed by atoms with Gasteiger partial charge < -0.3 is 9.47 Å². The molecule has 37 heavy (non-hydrogen) atoms. The van der Waals surface area contributed by atoms with Gasteiger partial charge in [-0.05, 0) is 24.3 Å². The van der Waals surface area contributed by atoms with Gasteiger partial charge in [0.2, 0.25) is 0 Å². The highest BCUT2D eigenvalue weighted by atomic mass is 32.2. The van der Waals surface area contributed by atoms with Crippen molar-refractivity contribution < 1.29 is 28.9 Å². The molecule has 188 valence electrons. The van der Waals surface area contributed by atoms with Gasteiger partial charge in [0.25, 0.3) is 11.4 Å². The van der Waals surface area contributed by atoms with Crippen LogP contribution in [0.15, 0.2) is 58.7 Å². The van der Waals surface area contributed by atoms with Crippen LogP contribution in [-0.4, -0.2) is 63.1 Å². The molecule has 0 amide bonds. The number of non-ortho nitro benzene ring substituents is 2. The van der Waals surface area contributed by atoms with E-state index in [-0.39, 0.29) is 29.4 Å². The molecule has 2 fully saturated rings. The molecule has 14 nitrogen and oxygen atoms in total. The number of anilines is 2. The van der Waals surface area contributed by atoms with Gasteiger partial charge in [-0.3, -0.25) is 30.2 Å². The fourth-order valence-corrected chi connectivity index (χ4v) is 7.00. The van der Waals surface area contributed by atoms with Crippen molar-refractivity contribution in [2.75, 3.05) is 23.7 Å². The average molecular weight is 524 g/mol. The number of hydrogen-bond donors (Lipinski definition) is 0. The van der Waals surface area contributed by atoms with Crippen molar-refractivity contribution in [2.45, 2.75) is 16.2 Å². The van der Waals surface area contributed by atoms with Gasteiger partial charge in [-0.2, -0.15) is 10.2 Å². The zero-order valence-corrected chi connectivity index (χ0v) is 19.7. The van der Waals surface area contributed by atoms with E-state index in [4.69, 9.17) is 9.47 Å². The number of benzene rings is 2. The van der Waals surface area contributed by atoms with Crippen LogP contribution in [0.3, 0.4) is 0 Å². The summed E-state index contributed by atoms with van der Waals surface area (Å²) in [6, 6.07) is 10.9. The van der Waals surface area contributed by atoms with E-state index in [1.54, 1.807) is 10.0 Å². The number of fused-ring (bicyclic) bond motifs is 2. The summed E-state index contributed by atoms with van der Waals surface area (Å²) < 4.78 is 9.45. The van der Waals surface area contributed by atoms with Crippen LogP contribution < -0.4 is 10.0 Å². The Kier molecular flexibility index (Phi) is 4.95. The number of esters is 2. The van der Waals surface area contributed by atoms with Gasteiger partial charge in [-0.15, -0.1) is 11.8 Å². The number of rotatable bonds is 5. The summed E-state index contributed by atoms with van der Waals surface area (Å²) >= 11 is 1.37. The molecule has 0 aromatic heterocycles. The quantitative estimate of drug-likeness (QED) is 0.319. The highest BCUT2D eigenvalue weighted by Gasteiger charge is 2.72. The van der Waals surface area contributed by atoms with Gasteiger partial charge in [-0.25, -0.2) is 9.59 Å². The first-order valence-corrected chi connectivity index (χ1v) is 11.8. The number of nitro benzene ring substituents is 2. The second-order valence-corrected chi connectivity index (χ2v) is 10.1. The molecule has 0 unspecified atom stereocenters. The van der Waals surface area contributed by atoms with Crippen LogP contribution in [0, 0.1) is 26.1 Å². The Bertz CT molecular complexity index is 1430. The summed E-state index contributed by atoms with van der Waals surface area (Å²) in [5.41, 5.74) is 1.08. The lowest BCUT2D eigenvalue weighted by Crippen LogP contribution is -2.50. The van der Waals surface area contributed by atoms with Crippen LogP contribution in [0.4, 0.5) is 22.7 Å². The Morgan fingerprint density at radius 3 is 2.14 bits per heavy atom. The Hall–Kier alpha value is -4.53. The zero-order valence-electron chi connectivity index (χ0n) is 18.9. The van der Waals surface area contributed by atoms with Crippen LogP contribution in [-0.2, 0) is 19.1 Å². The SMILES string of the molecule is COC(=O)C1=NN(c2ccc([N+](=O)[O-])cc2)[C@H]2S[C@]34COC(=O)C3=NN(c3ccc([N+](=O)[O-])cc3)[C@@H]4[C@@H]12. The van der Waals surface area contributed by atoms with Crippen molar-refractivity contribution in [1.82, 2.24) is 0 Å². The molecule has 4 heterocycles. The fraction of sp³-hybridized carbons (Fsp3) is 0.273. The van der Waals surface area contributed by atoms with E-state index in [1.807, 2.05) is 0 Å². The van der Waals surface area contributed by atoms with E-state index >= 15 is 0 Å². The number of ether oxygens (including phenoxy) is 2. The van der Waals surface area contributed by atoms with Crippen molar-refractivity contribution in [3.8, 4) is 0 Å². The molecule has 0 N–H and O–H groups in total. The first-order chi connectivity index (χ1) is 17.7.